The molecular weight excluding hydrogens is 252 g/mol. The van der Waals surface area contributed by atoms with Gasteiger partial charge in [-0.3, -0.25) is 14.5 Å². The fraction of sp³-hybridized carbons (Fsp3) is 0.875. The van der Waals surface area contributed by atoms with Gasteiger partial charge >= 0.3 is 0 Å². The molecule has 0 aromatic heterocycles. The van der Waals surface area contributed by atoms with Crippen molar-refractivity contribution < 1.29 is 9.59 Å². The van der Waals surface area contributed by atoms with Crippen LogP contribution < -0.4 is 5.32 Å². The van der Waals surface area contributed by atoms with E-state index in [9.17, 15) is 9.59 Å². The molecule has 1 saturated carbocycles. The van der Waals surface area contributed by atoms with Crippen LogP contribution in [0.4, 0.5) is 0 Å². The Morgan fingerprint density at radius 3 is 2.20 bits per heavy atom. The number of hydrogen-bond acceptors (Lipinski definition) is 3. The molecule has 1 spiro atoms. The van der Waals surface area contributed by atoms with Crippen LogP contribution in [0.2, 0.25) is 0 Å². The number of piperidine rings is 2. The Bertz CT molecular complexity index is 362. The summed E-state index contributed by atoms with van der Waals surface area (Å²) >= 11 is 0. The topological polar surface area (TPSA) is 49.4 Å². The molecule has 3 rings (SSSR count). The highest BCUT2D eigenvalue weighted by molar-refractivity contribution is 5.98. The molecule has 0 bridgehead atoms. The first-order chi connectivity index (χ1) is 9.69. The number of imide groups is 1. The van der Waals surface area contributed by atoms with Crippen molar-refractivity contribution in [3.05, 3.63) is 0 Å². The van der Waals surface area contributed by atoms with Crippen LogP contribution in [0.25, 0.3) is 0 Å². The first kappa shape index (κ1) is 14.1. The maximum Gasteiger partial charge on any atom is 0.229 e. The Morgan fingerprint density at radius 2 is 1.60 bits per heavy atom. The Morgan fingerprint density at radius 1 is 1.00 bits per heavy atom. The van der Waals surface area contributed by atoms with Gasteiger partial charge < -0.3 is 5.32 Å². The van der Waals surface area contributed by atoms with E-state index >= 15 is 0 Å². The summed E-state index contributed by atoms with van der Waals surface area (Å²) < 4.78 is 0. The second-order valence-electron chi connectivity index (χ2n) is 7.01. The quantitative estimate of drug-likeness (QED) is 0.787. The minimum atomic E-state index is 0.0248. The summed E-state index contributed by atoms with van der Waals surface area (Å²) in [6.45, 7) is 2.70. The predicted octanol–water partition coefficient (Wildman–Crippen LogP) is 2.09. The van der Waals surface area contributed by atoms with Crippen LogP contribution in [-0.2, 0) is 9.59 Å². The summed E-state index contributed by atoms with van der Waals surface area (Å²) in [7, 11) is 0. The minimum absolute atomic E-state index is 0.0248. The highest BCUT2D eigenvalue weighted by Crippen LogP contribution is 2.45. The second-order valence-corrected chi connectivity index (χ2v) is 7.01. The molecule has 3 aliphatic rings. The Hall–Kier alpha value is -0.900. The van der Waals surface area contributed by atoms with Crippen molar-refractivity contribution in [3.63, 3.8) is 0 Å². The first-order valence-electron chi connectivity index (χ1n) is 8.22. The lowest BCUT2D eigenvalue weighted by atomic mass is 9.67. The Kier molecular flexibility index (Phi) is 4.11. The van der Waals surface area contributed by atoms with Gasteiger partial charge in [0.15, 0.2) is 0 Å². The van der Waals surface area contributed by atoms with Crippen molar-refractivity contribution in [2.75, 3.05) is 19.6 Å². The largest absolute Gasteiger partial charge is 0.317 e. The van der Waals surface area contributed by atoms with E-state index in [1.54, 1.807) is 4.90 Å². The van der Waals surface area contributed by atoms with Crippen molar-refractivity contribution in [2.24, 2.45) is 11.3 Å². The molecule has 2 amide bonds. The summed E-state index contributed by atoms with van der Waals surface area (Å²) in [6.07, 6.45) is 9.20. The zero-order chi connectivity index (χ0) is 14.0. The Balaban J connectivity index is 1.62. The lowest BCUT2D eigenvalue weighted by molar-refractivity contribution is -0.155. The van der Waals surface area contributed by atoms with E-state index in [-0.39, 0.29) is 17.2 Å². The zero-order valence-electron chi connectivity index (χ0n) is 12.3. The fourth-order valence-corrected chi connectivity index (χ4v) is 4.22. The summed E-state index contributed by atoms with van der Waals surface area (Å²) in [5.74, 6) is 0.702. The van der Waals surface area contributed by atoms with Crippen LogP contribution in [0.3, 0.4) is 0 Å². The Labute approximate surface area is 121 Å². The second kappa shape index (κ2) is 5.84. The number of nitrogens with one attached hydrogen (secondary N) is 1. The van der Waals surface area contributed by atoms with E-state index in [0.29, 0.717) is 25.3 Å². The van der Waals surface area contributed by atoms with Crippen molar-refractivity contribution in [2.45, 2.75) is 57.8 Å². The van der Waals surface area contributed by atoms with Crippen molar-refractivity contribution in [1.82, 2.24) is 10.2 Å². The lowest BCUT2D eigenvalue weighted by Gasteiger charge is -2.43. The summed E-state index contributed by atoms with van der Waals surface area (Å²) in [5.41, 5.74) is 0.0248. The third-order valence-corrected chi connectivity index (χ3v) is 5.47. The van der Waals surface area contributed by atoms with E-state index in [0.717, 1.165) is 38.8 Å². The van der Waals surface area contributed by atoms with Gasteiger partial charge in [-0.1, -0.05) is 19.3 Å². The first-order valence-corrected chi connectivity index (χ1v) is 8.22. The normalized spacial score (nSPS) is 28.1. The molecule has 0 unspecified atom stereocenters. The molecule has 0 radical (unpaired) electrons. The van der Waals surface area contributed by atoms with Gasteiger partial charge in [-0.15, -0.1) is 0 Å². The van der Waals surface area contributed by atoms with Crippen molar-refractivity contribution in [1.29, 1.82) is 0 Å². The minimum Gasteiger partial charge on any atom is -0.317 e. The standard InChI is InChI=1S/C16H26N2O2/c19-14-10-16(6-2-1-3-7-16)11-15(20)18(14)12-13-4-8-17-9-5-13/h13,17H,1-12H2. The maximum atomic E-state index is 12.4. The van der Waals surface area contributed by atoms with Gasteiger partial charge in [-0.25, -0.2) is 0 Å². The van der Waals surface area contributed by atoms with Gasteiger partial charge in [0, 0.05) is 19.4 Å². The summed E-state index contributed by atoms with van der Waals surface area (Å²) in [4.78, 5) is 26.5. The van der Waals surface area contributed by atoms with E-state index < -0.39 is 0 Å². The molecule has 3 fully saturated rings. The van der Waals surface area contributed by atoms with Crippen LogP contribution in [0, 0.1) is 11.3 Å². The van der Waals surface area contributed by atoms with Gasteiger partial charge in [-0.2, -0.15) is 0 Å². The van der Waals surface area contributed by atoms with E-state index in [2.05, 4.69) is 5.32 Å². The highest BCUT2D eigenvalue weighted by Gasteiger charge is 2.44. The molecule has 20 heavy (non-hydrogen) atoms. The number of amides is 2. The van der Waals surface area contributed by atoms with Crippen LogP contribution in [0.5, 0.6) is 0 Å². The third-order valence-electron chi connectivity index (χ3n) is 5.47. The van der Waals surface area contributed by atoms with Gasteiger partial charge in [0.05, 0.1) is 0 Å². The molecule has 2 saturated heterocycles. The average Bonchev–Trinajstić information content (AvgIpc) is 2.45. The monoisotopic (exact) mass is 278 g/mol. The van der Waals surface area contributed by atoms with E-state index in [1.165, 1.54) is 19.3 Å². The van der Waals surface area contributed by atoms with E-state index in [4.69, 9.17) is 0 Å². The number of rotatable bonds is 2. The number of hydrogen-bond donors (Lipinski definition) is 1. The molecule has 0 aromatic carbocycles. The third kappa shape index (κ3) is 2.90. The molecule has 4 nitrogen and oxygen atoms in total. The molecular formula is C16H26N2O2. The summed E-state index contributed by atoms with van der Waals surface area (Å²) in [5, 5.41) is 3.33. The lowest BCUT2D eigenvalue weighted by Crippen LogP contribution is -2.50. The smallest absolute Gasteiger partial charge is 0.229 e. The van der Waals surface area contributed by atoms with E-state index in [1.807, 2.05) is 0 Å². The molecule has 1 aliphatic carbocycles. The fourth-order valence-electron chi connectivity index (χ4n) is 4.22. The van der Waals surface area contributed by atoms with Gasteiger partial charge in [0.1, 0.15) is 0 Å². The van der Waals surface area contributed by atoms with Gasteiger partial charge in [0.2, 0.25) is 11.8 Å². The molecule has 112 valence electrons. The number of carbonyl (C=O) groups excluding carboxylic acids is 2. The summed E-state index contributed by atoms with van der Waals surface area (Å²) in [6, 6.07) is 0. The van der Waals surface area contributed by atoms with Gasteiger partial charge in [-0.05, 0) is 50.1 Å². The molecule has 4 heteroatoms. The zero-order valence-corrected chi connectivity index (χ0v) is 12.3. The van der Waals surface area contributed by atoms with Crippen molar-refractivity contribution in [3.8, 4) is 0 Å². The number of nitrogens with zero attached hydrogens (tertiary/aromatic N) is 1. The molecule has 1 N–H and O–H groups in total. The SMILES string of the molecule is O=C1CC2(CCCCC2)CC(=O)N1CC1CCNCC1. The predicted molar refractivity (Wildman–Crippen MR) is 77.1 cm³/mol. The highest BCUT2D eigenvalue weighted by atomic mass is 16.2. The van der Waals surface area contributed by atoms with Gasteiger partial charge in [0.25, 0.3) is 0 Å². The number of likely N-dealkylation sites (tertiary alicyclic amines) is 1. The van der Waals surface area contributed by atoms with Crippen LogP contribution in [0.1, 0.15) is 57.8 Å². The van der Waals surface area contributed by atoms with Crippen molar-refractivity contribution >= 4 is 11.8 Å². The molecule has 0 aromatic rings. The molecule has 2 heterocycles. The number of carbonyl (C=O) groups is 2. The van der Waals surface area contributed by atoms with Crippen LogP contribution in [0.15, 0.2) is 0 Å². The van der Waals surface area contributed by atoms with Crippen LogP contribution in [-0.4, -0.2) is 36.3 Å². The molecule has 0 atom stereocenters. The average molecular weight is 278 g/mol. The van der Waals surface area contributed by atoms with Crippen LogP contribution >= 0.6 is 0 Å². The maximum absolute atomic E-state index is 12.4. The molecule has 2 aliphatic heterocycles.